The Kier molecular flexibility index (Phi) is 31.4. The molecule has 10 aromatic rings. The summed E-state index contributed by atoms with van der Waals surface area (Å²) in [5.41, 5.74) is 16.4. The van der Waals surface area contributed by atoms with Gasteiger partial charge in [0.25, 0.3) is 0 Å². The first kappa shape index (κ1) is 88.7. The third kappa shape index (κ3) is 22.2. The van der Waals surface area contributed by atoms with Crippen LogP contribution in [0.5, 0.6) is 46.0 Å². The van der Waals surface area contributed by atoms with Crippen LogP contribution in [0, 0.1) is 0 Å². The Morgan fingerprint density at radius 3 is 0.635 bits per heavy atom. The Bertz CT molecular complexity index is 5420. The molecule has 28 nitrogen and oxygen atoms in total. The third-order valence-electron chi connectivity index (χ3n) is 20.9. The van der Waals surface area contributed by atoms with E-state index in [9.17, 15) is 0 Å². The van der Waals surface area contributed by atoms with Crippen molar-refractivity contribution in [2.45, 2.75) is 0 Å². The van der Waals surface area contributed by atoms with Crippen LogP contribution in [-0.2, 0) is 95.8 Å². The van der Waals surface area contributed by atoms with Crippen molar-refractivity contribution in [1.82, 2.24) is 39.9 Å². The average Bonchev–Trinajstić information content (AvgIpc) is 1.60. The van der Waals surface area contributed by atoms with Crippen LogP contribution in [0.15, 0.2) is 133 Å². The number of fused-ring (bicyclic) bond motifs is 20. The minimum atomic E-state index is 0. The second-order valence-electron chi connectivity index (χ2n) is 29.2. The number of ether oxygens (including phenoxy) is 20. The number of nitrogens with zero attached hydrogens (tertiary/aromatic N) is 8. The molecule has 8 aliphatic rings. The summed E-state index contributed by atoms with van der Waals surface area (Å²) >= 11 is 0. The fraction of sp³-hybridized carbons (Fsp3) is 0.333. The van der Waals surface area contributed by atoms with Gasteiger partial charge in [0.1, 0.15) is 52.9 Å². The van der Waals surface area contributed by atoms with Crippen LogP contribution in [0.3, 0.4) is 0 Å². The summed E-state index contributed by atoms with van der Waals surface area (Å²) in [4.78, 5) is 45.0. The maximum atomic E-state index is 6.60. The minimum Gasteiger partial charge on any atom is -0.657 e. The largest absolute Gasteiger partial charge is 2.00 e. The summed E-state index contributed by atoms with van der Waals surface area (Å²) in [6.07, 6.45) is 16.0. The normalized spacial score (nSPS) is 17.2. The van der Waals surface area contributed by atoms with Crippen LogP contribution in [0.1, 0.15) is 45.6 Å². The van der Waals surface area contributed by atoms with E-state index in [1.54, 1.807) is 0 Å². The number of rotatable bonds is 5. The zero-order chi connectivity index (χ0) is 83.3. The third-order valence-corrected chi connectivity index (χ3v) is 20.9. The molecule has 14 heterocycles. The van der Waals surface area contributed by atoms with Crippen molar-refractivity contribution < 1.29 is 134 Å². The van der Waals surface area contributed by atoms with Gasteiger partial charge in [-0.25, -0.2) is 19.9 Å². The summed E-state index contributed by atoms with van der Waals surface area (Å²) in [5, 5.41) is 0. The SMILES string of the molecule is C1=Cc2nc1cc1ccc([n-]1)c(-c1ccc3c(c1)OCCOCCOCCOCCO3)c1nc(c(-c3c4nc(c(-c5ccc6c(c5)OCCOCCOCCOCCO6)c5ccc(cc6nc(c(-c7ccc8c(c7)OCCOCCOCCOCCO8)c7ccc3[n-]7)C=C6)[n-]5)C=C4)c3ccc([n-]3)c2-c2ccc3c(c2)OCCOCCOCCOCCO3)C=C1.[Zn+2].[Zn+2]. The number of benzene rings is 4. The van der Waals surface area contributed by atoms with E-state index in [1.807, 2.05) is 182 Å². The average molecular weight is 1810 g/mol. The zero-order valence-corrected chi connectivity index (χ0v) is 76.0. The molecule has 30 heteroatoms. The molecule has 0 fully saturated rings. The Morgan fingerprint density at radius 1 is 0.175 bits per heavy atom. The monoisotopic (exact) mass is 1810 g/mol. The first-order valence-electron chi connectivity index (χ1n) is 42.1. The number of hydrogen-bond acceptors (Lipinski definition) is 24. The minimum absolute atomic E-state index is 0. The smallest absolute Gasteiger partial charge is 0.657 e. The molecule has 4 aromatic carbocycles. The van der Waals surface area contributed by atoms with Crippen LogP contribution >= 0.6 is 0 Å². The van der Waals surface area contributed by atoms with Crippen molar-refractivity contribution in [1.29, 1.82) is 0 Å². The van der Waals surface area contributed by atoms with Gasteiger partial charge in [-0.3, -0.25) is 0 Å². The molecule has 16 bridgehead atoms. The van der Waals surface area contributed by atoms with E-state index in [1.165, 1.54) is 0 Å². The van der Waals surface area contributed by atoms with Crippen molar-refractivity contribution in [2.75, 3.05) is 211 Å². The molecule has 642 valence electrons. The van der Waals surface area contributed by atoms with Crippen LogP contribution in [0.25, 0.3) is 148 Å². The van der Waals surface area contributed by atoms with Gasteiger partial charge in [0, 0.05) is 0 Å². The number of aromatic nitrogens is 8. The predicted molar refractivity (Wildman–Crippen MR) is 468 cm³/mol. The molecule has 18 rings (SSSR count). The van der Waals surface area contributed by atoms with Gasteiger partial charge in [0.15, 0.2) is 46.0 Å². The van der Waals surface area contributed by atoms with E-state index >= 15 is 0 Å². The van der Waals surface area contributed by atoms with Crippen molar-refractivity contribution in [2.24, 2.45) is 0 Å². The van der Waals surface area contributed by atoms with Crippen molar-refractivity contribution >= 4 is 92.7 Å². The molecule has 8 aliphatic heterocycles. The number of hydrogen-bond donors (Lipinski definition) is 0. The van der Waals surface area contributed by atoms with Crippen molar-refractivity contribution in [3.63, 3.8) is 0 Å². The maximum absolute atomic E-state index is 6.60. The molecule has 6 aromatic heterocycles. The van der Waals surface area contributed by atoms with Gasteiger partial charge < -0.3 is 115 Å². The molecule has 0 saturated carbocycles. The molecule has 0 amide bonds. The first-order valence-corrected chi connectivity index (χ1v) is 42.1. The maximum Gasteiger partial charge on any atom is 2.00 e. The van der Waals surface area contributed by atoms with Crippen LogP contribution in [-0.4, -0.2) is 231 Å². The van der Waals surface area contributed by atoms with Crippen LogP contribution in [0.4, 0.5) is 0 Å². The van der Waals surface area contributed by atoms with Gasteiger partial charge in [0.2, 0.25) is 0 Å². The zero-order valence-electron chi connectivity index (χ0n) is 70.1. The van der Waals surface area contributed by atoms with E-state index in [4.69, 9.17) is 135 Å². The quantitative estimate of drug-likeness (QED) is 0.145. The Labute approximate surface area is 753 Å². The van der Waals surface area contributed by atoms with Gasteiger partial charge in [-0.1, -0.05) is 84.9 Å². The molecule has 0 N–H and O–H groups in total. The summed E-state index contributed by atoms with van der Waals surface area (Å²) in [6, 6.07) is 43.5. The Morgan fingerprint density at radius 2 is 0.373 bits per heavy atom. The second-order valence-corrected chi connectivity index (χ2v) is 29.2. The molecule has 0 unspecified atom stereocenters. The van der Waals surface area contributed by atoms with Gasteiger partial charge in [-0.05, 0) is 153 Å². The topological polar surface area (TPSA) is 293 Å². The van der Waals surface area contributed by atoms with Gasteiger partial charge in [-0.15, -0.1) is 44.1 Å². The molecular formula is C96H94N8O20Zn2. The molecule has 0 spiro atoms. The van der Waals surface area contributed by atoms with Crippen LogP contribution < -0.4 is 57.8 Å². The molecule has 0 radical (unpaired) electrons. The molecule has 126 heavy (non-hydrogen) atoms. The molecular weight excluding hydrogens is 1720 g/mol. The van der Waals surface area contributed by atoms with Gasteiger partial charge >= 0.3 is 39.0 Å². The summed E-state index contributed by atoms with van der Waals surface area (Å²) in [6.45, 7) is 11.2. The van der Waals surface area contributed by atoms with Crippen LogP contribution in [0.2, 0.25) is 0 Å². The fourth-order valence-corrected chi connectivity index (χ4v) is 15.2. The molecule has 0 atom stereocenters. The fourth-order valence-electron chi connectivity index (χ4n) is 15.2. The summed E-state index contributed by atoms with van der Waals surface area (Å²) in [5.74, 6) is 4.07. The Hall–Kier alpha value is -10.8. The predicted octanol–water partition coefficient (Wildman–Crippen LogP) is 13.8. The van der Waals surface area contributed by atoms with Gasteiger partial charge in [-0.2, -0.15) is 0 Å². The molecule has 0 aliphatic carbocycles. The van der Waals surface area contributed by atoms with Crippen molar-refractivity contribution in [3.8, 4) is 102 Å². The second kappa shape index (κ2) is 44.6. The van der Waals surface area contributed by atoms with Gasteiger partial charge in [0.05, 0.1) is 204 Å². The van der Waals surface area contributed by atoms with E-state index in [0.29, 0.717) is 328 Å². The summed E-state index contributed by atoms with van der Waals surface area (Å²) < 4.78 is 122. The van der Waals surface area contributed by atoms with Crippen molar-refractivity contribution in [3.05, 3.63) is 179 Å². The van der Waals surface area contributed by atoms with E-state index in [0.717, 1.165) is 22.3 Å². The first-order chi connectivity index (χ1) is 61.5. The standard InChI is InChI=1S/C96H94N8O20.2Zn/c1-21-83-87(121-53-45-113-37-29-105-25-33-109-41-49-117-83)57-63(1)91-71-9-5-67(97-71)61-68-6-10-72(98-68)92(64-2-22-84-88(58-64)122-54-46-114-38-30-106-26-34-110-42-50-118-84)76-14-18-80(102-76)95(79-17-13-75(91)101-79)96-81-19-15-77(103-81)93(65-3-23-85-89(59-65)123-55-47-115-39-31-107-27-35-111-43-51-119-85)73-11-7-69(99-73)62-70-8-12-74(100-70)94(78-16-20-82(96)104-78)66-4-24-86-90(60-66)124-56-48-116-40-32-108-28-36-112-44-52-120-86;;/h1-24,57-62H,25-56H2;;/q-4;2*+2. The van der Waals surface area contributed by atoms with E-state index in [2.05, 4.69) is 0 Å². The van der Waals surface area contributed by atoms with E-state index in [-0.39, 0.29) is 91.8 Å². The Balaban J connectivity index is 0.00000585. The summed E-state index contributed by atoms with van der Waals surface area (Å²) in [7, 11) is 0. The molecule has 0 saturated heterocycles. The van der Waals surface area contributed by atoms with E-state index < -0.39 is 0 Å².